The van der Waals surface area contributed by atoms with Gasteiger partial charge in [-0.2, -0.15) is 5.10 Å². The molecule has 2 unspecified atom stereocenters. The number of fused-ring (bicyclic) bond motifs is 1. The summed E-state index contributed by atoms with van der Waals surface area (Å²) < 4.78 is 16.5. The molecule has 38 heavy (non-hydrogen) atoms. The smallest absolute Gasteiger partial charge is 0.274 e. The van der Waals surface area contributed by atoms with Gasteiger partial charge in [-0.3, -0.25) is 4.79 Å². The van der Waals surface area contributed by atoms with E-state index in [2.05, 4.69) is 30.3 Å². The van der Waals surface area contributed by atoms with Crippen LogP contribution in [-0.2, 0) is 0 Å². The monoisotopic (exact) mass is 510 g/mol. The molecule has 0 radical (unpaired) electrons. The number of methoxy groups -OCH3 is 1. The van der Waals surface area contributed by atoms with Crippen molar-refractivity contribution in [3.8, 4) is 17.2 Å². The second kappa shape index (κ2) is 11.5. The number of hydrogen-bond acceptors (Lipinski definition) is 5. The van der Waals surface area contributed by atoms with Gasteiger partial charge in [-0.05, 0) is 104 Å². The molecule has 196 valence electrons. The van der Waals surface area contributed by atoms with Gasteiger partial charge in [-0.25, -0.2) is 5.01 Å². The number of hydrazone groups is 1. The first-order chi connectivity index (χ1) is 18.6. The summed E-state index contributed by atoms with van der Waals surface area (Å²) in [5.41, 5.74) is 4.93. The molecule has 3 aromatic rings. The third kappa shape index (κ3) is 5.30. The van der Waals surface area contributed by atoms with E-state index in [-0.39, 0.29) is 17.9 Å². The number of rotatable bonds is 8. The van der Waals surface area contributed by atoms with Crippen LogP contribution in [-0.4, -0.2) is 37.0 Å². The Bertz CT molecular complexity index is 1310. The van der Waals surface area contributed by atoms with E-state index in [0.717, 1.165) is 47.6 Å². The molecule has 0 saturated heterocycles. The highest BCUT2D eigenvalue weighted by atomic mass is 16.5. The zero-order valence-electron chi connectivity index (χ0n) is 22.2. The van der Waals surface area contributed by atoms with E-state index in [1.807, 2.05) is 50.2 Å². The van der Waals surface area contributed by atoms with Gasteiger partial charge in [0.25, 0.3) is 5.91 Å². The SMILES string of the molecule is CCOc1ccc(/C=C2/CCCC3C2=NN(C(=O)c2ccc(OC)cc2)C3c2ccc(OCC)cc2)cc1. The van der Waals surface area contributed by atoms with Crippen LogP contribution < -0.4 is 14.2 Å². The highest BCUT2D eigenvalue weighted by molar-refractivity contribution is 6.09. The molecule has 1 aliphatic carbocycles. The van der Waals surface area contributed by atoms with Crippen molar-refractivity contribution in [3.63, 3.8) is 0 Å². The first-order valence-electron chi connectivity index (χ1n) is 13.3. The average molecular weight is 511 g/mol. The van der Waals surface area contributed by atoms with Crippen molar-refractivity contribution in [1.29, 1.82) is 0 Å². The predicted molar refractivity (Wildman–Crippen MR) is 150 cm³/mol. The Kier molecular flexibility index (Phi) is 7.78. The number of ether oxygens (including phenoxy) is 3. The molecule has 0 bridgehead atoms. The van der Waals surface area contributed by atoms with E-state index in [1.54, 1.807) is 24.3 Å². The Labute approximate surface area is 224 Å². The molecule has 2 aliphatic rings. The number of allylic oxidation sites excluding steroid dienone is 1. The summed E-state index contributed by atoms with van der Waals surface area (Å²) in [6, 6.07) is 23.3. The van der Waals surface area contributed by atoms with E-state index in [9.17, 15) is 4.79 Å². The molecule has 3 aromatic carbocycles. The minimum Gasteiger partial charge on any atom is -0.497 e. The van der Waals surface area contributed by atoms with Crippen LogP contribution in [0.5, 0.6) is 17.2 Å². The summed E-state index contributed by atoms with van der Waals surface area (Å²) in [4.78, 5) is 13.8. The summed E-state index contributed by atoms with van der Waals surface area (Å²) in [6.45, 7) is 5.21. The normalized spacial score (nSPS) is 19.6. The quantitative estimate of drug-likeness (QED) is 0.330. The number of carbonyl (C=O) groups is 1. The Hall–Kier alpha value is -4.06. The number of carbonyl (C=O) groups excluding carboxylic acids is 1. The van der Waals surface area contributed by atoms with Crippen LogP contribution in [0.2, 0.25) is 0 Å². The molecule has 6 nitrogen and oxygen atoms in total. The third-order valence-corrected chi connectivity index (χ3v) is 7.11. The second-order valence-electron chi connectivity index (χ2n) is 9.48. The third-order valence-electron chi connectivity index (χ3n) is 7.11. The maximum atomic E-state index is 13.8. The van der Waals surface area contributed by atoms with Crippen LogP contribution in [0.3, 0.4) is 0 Å². The first kappa shape index (κ1) is 25.6. The van der Waals surface area contributed by atoms with Crippen LogP contribution in [0.4, 0.5) is 0 Å². The summed E-state index contributed by atoms with van der Waals surface area (Å²) in [5, 5.41) is 6.70. The van der Waals surface area contributed by atoms with Gasteiger partial charge in [-0.1, -0.05) is 24.3 Å². The van der Waals surface area contributed by atoms with Crippen molar-refractivity contribution in [2.24, 2.45) is 11.0 Å². The first-order valence-corrected chi connectivity index (χ1v) is 13.3. The Morgan fingerprint density at radius 2 is 1.50 bits per heavy atom. The fraction of sp³-hybridized carbons (Fsp3) is 0.312. The molecule has 1 amide bonds. The molecular formula is C32H34N2O4. The van der Waals surface area contributed by atoms with Crippen LogP contribution in [0, 0.1) is 5.92 Å². The average Bonchev–Trinajstić information content (AvgIpc) is 3.35. The minimum absolute atomic E-state index is 0.117. The van der Waals surface area contributed by atoms with Gasteiger partial charge in [0.2, 0.25) is 0 Å². The van der Waals surface area contributed by atoms with Crippen LogP contribution in [0.1, 0.15) is 60.6 Å². The molecule has 0 N–H and O–H groups in total. The number of amides is 1. The van der Waals surface area contributed by atoms with E-state index in [1.165, 1.54) is 5.57 Å². The summed E-state index contributed by atoms with van der Waals surface area (Å²) in [6.07, 6.45) is 5.16. The number of benzene rings is 3. The lowest BCUT2D eigenvalue weighted by atomic mass is 9.77. The van der Waals surface area contributed by atoms with Crippen molar-refractivity contribution >= 4 is 17.7 Å². The maximum Gasteiger partial charge on any atom is 0.274 e. The largest absolute Gasteiger partial charge is 0.497 e. The Morgan fingerprint density at radius 3 is 2.11 bits per heavy atom. The highest BCUT2D eigenvalue weighted by Crippen LogP contribution is 2.45. The highest BCUT2D eigenvalue weighted by Gasteiger charge is 2.44. The number of nitrogens with zero attached hydrogens (tertiary/aromatic N) is 2. The summed E-state index contributed by atoms with van der Waals surface area (Å²) in [7, 11) is 1.62. The van der Waals surface area contributed by atoms with Gasteiger partial charge in [0.15, 0.2) is 0 Å². The lowest BCUT2D eigenvalue weighted by molar-refractivity contribution is 0.0681. The lowest BCUT2D eigenvalue weighted by Gasteiger charge is -2.30. The van der Waals surface area contributed by atoms with Gasteiger partial charge in [0.05, 0.1) is 32.1 Å². The van der Waals surface area contributed by atoms with Gasteiger partial charge >= 0.3 is 0 Å². The van der Waals surface area contributed by atoms with Crippen molar-refractivity contribution in [2.75, 3.05) is 20.3 Å². The van der Waals surface area contributed by atoms with E-state index < -0.39 is 0 Å². The fourth-order valence-corrected chi connectivity index (χ4v) is 5.32. The molecule has 2 atom stereocenters. The standard InChI is InChI=1S/C32H34N2O4/c1-4-37-27-15-9-22(10-16-27)21-25-7-6-8-29-30(25)33-34(32(35)24-13-17-26(36-3)18-14-24)31(29)23-11-19-28(20-12-23)38-5-2/h9-21,29,31H,4-8H2,1-3H3/b25-21-. The Morgan fingerprint density at radius 1 is 0.895 bits per heavy atom. The molecule has 1 aliphatic heterocycles. The van der Waals surface area contributed by atoms with Crippen LogP contribution in [0.15, 0.2) is 83.5 Å². The zero-order valence-corrected chi connectivity index (χ0v) is 22.2. The van der Waals surface area contributed by atoms with Crippen molar-refractivity contribution in [2.45, 2.75) is 39.2 Å². The fourth-order valence-electron chi connectivity index (χ4n) is 5.32. The summed E-state index contributed by atoms with van der Waals surface area (Å²) >= 11 is 0. The zero-order chi connectivity index (χ0) is 26.5. The molecule has 5 rings (SSSR count). The molecular weight excluding hydrogens is 476 g/mol. The Balaban J connectivity index is 1.51. The summed E-state index contributed by atoms with van der Waals surface area (Å²) in [5.74, 6) is 2.41. The number of hydrogen-bond donors (Lipinski definition) is 0. The van der Waals surface area contributed by atoms with Gasteiger partial charge in [-0.15, -0.1) is 0 Å². The topological polar surface area (TPSA) is 60.4 Å². The van der Waals surface area contributed by atoms with Gasteiger partial charge < -0.3 is 14.2 Å². The molecule has 6 heteroatoms. The van der Waals surface area contributed by atoms with E-state index in [4.69, 9.17) is 19.3 Å². The van der Waals surface area contributed by atoms with Crippen molar-refractivity contribution in [3.05, 3.63) is 95.1 Å². The minimum atomic E-state index is -0.181. The van der Waals surface area contributed by atoms with E-state index in [0.29, 0.717) is 24.5 Å². The second-order valence-corrected chi connectivity index (χ2v) is 9.48. The molecule has 0 aromatic heterocycles. The van der Waals surface area contributed by atoms with Crippen molar-refractivity contribution < 1.29 is 19.0 Å². The maximum absolute atomic E-state index is 13.8. The predicted octanol–water partition coefficient (Wildman–Crippen LogP) is 6.93. The molecule has 1 heterocycles. The van der Waals surface area contributed by atoms with Gasteiger partial charge in [0, 0.05) is 11.5 Å². The molecule has 0 spiro atoms. The van der Waals surface area contributed by atoms with Crippen LogP contribution >= 0.6 is 0 Å². The molecule has 1 fully saturated rings. The van der Waals surface area contributed by atoms with Gasteiger partial charge in [0.1, 0.15) is 17.2 Å². The lowest BCUT2D eigenvalue weighted by Crippen LogP contribution is -2.31. The van der Waals surface area contributed by atoms with Crippen molar-refractivity contribution in [1.82, 2.24) is 5.01 Å². The molecule has 1 saturated carbocycles. The van der Waals surface area contributed by atoms with E-state index >= 15 is 0 Å². The van der Waals surface area contributed by atoms with Crippen LogP contribution in [0.25, 0.3) is 6.08 Å².